The molecule has 0 radical (unpaired) electrons. The molecule has 0 aliphatic carbocycles. The summed E-state index contributed by atoms with van der Waals surface area (Å²) >= 11 is 0. The van der Waals surface area contributed by atoms with Crippen molar-refractivity contribution in [2.45, 2.75) is 51.7 Å². The molecule has 0 fully saturated rings. The van der Waals surface area contributed by atoms with Gasteiger partial charge in [-0.2, -0.15) is 0 Å². The fourth-order valence-electron chi connectivity index (χ4n) is 2.09. The lowest BCUT2D eigenvalue weighted by atomic mass is 10.1. The van der Waals surface area contributed by atoms with E-state index in [0.717, 1.165) is 11.4 Å². The highest BCUT2D eigenvalue weighted by atomic mass is 28.4. The van der Waals surface area contributed by atoms with E-state index in [1.807, 2.05) is 12.3 Å². The molecule has 0 saturated heterocycles. The van der Waals surface area contributed by atoms with E-state index in [2.05, 4.69) is 94.3 Å². The molecule has 0 N–H and O–H groups in total. The number of nitrogens with zero attached hydrogens (tertiary/aromatic N) is 1. The van der Waals surface area contributed by atoms with Gasteiger partial charge in [0.2, 0.25) is 0 Å². The molecule has 128 valence electrons. The van der Waals surface area contributed by atoms with Crippen molar-refractivity contribution in [3.63, 3.8) is 0 Å². The molecule has 0 saturated carbocycles. The normalized spacial score (nSPS) is 13.9. The van der Waals surface area contributed by atoms with Gasteiger partial charge in [-0.05, 0) is 35.8 Å². The van der Waals surface area contributed by atoms with Crippen LogP contribution in [-0.2, 0) is 0 Å². The fourth-order valence-corrected chi connectivity index (χ4v) is 3.10. The van der Waals surface area contributed by atoms with Crippen molar-refractivity contribution in [1.29, 1.82) is 0 Å². The summed E-state index contributed by atoms with van der Waals surface area (Å²) in [6.45, 7) is 13.4. The first-order valence-electron chi connectivity index (χ1n) is 8.57. The van der Waals surface area contributed by atoms with Gasteiger partial charge in [0.25, 0.3) is 8.32 Å². The first-order chi connectivity index (χ1) is 11.2. The van der Waals surface area contributed by atoms with E-state index in [9.17, 15) is 0 Å². The molecule has 0 spiro atoms. The van der Waals surface area contributed by atoms with Crippen LogP contribution in [0.4, 0.5) is 0 Å². The maximum atomic E-state index is 6.29. The van der Waals surface area contributed by atoms with Gasteiger partial charge in [-0.25, -0.2) is 0 Å². The van der Waals surface area contributed by atoms with Crippen LogP contribution in [0.5, 0.6) is 5.75 Å². The van der Waals surface area contributed by atoms with Gasteiger partial charge in [0.15, 0.2) is 0 Å². The predicted octanol–water partition coefficient (Wildman–Crippen LogP) is 6.28. The minimum Gasteiger partial charge on any atom is -0.542 e. The van der Waals surface area contributed by atoms with Crippen molar-refractivity contribution in [1.82, 2.24) is 4.98 Å². The largest absolute Gasteiger partial charge is 0.542 e. The summed E-state index contributed by atoms with van der Waals surface area (Å²) in [6, 6.07) is 14.5. The summed E-state index contributed by atoms with van der Waals surface area (Å²) in [4.78, 5) is 4.60. The van der Waals surface area contributed by atoms with E-state index in [0.29, 0.717) is 0 Å². The van der Waals surface area contributed by atoms with Crippen molar-refractivity contribution in [2.75, 3.05) is 0 Å². The third kappa shape index (κ3) is 4.81. The van der Waals surface area contributed by atoms with Gasteiger partial charge in [0, 0.05) is 11.6 Å². The maximum Gasteiger partial charge on any atom is 0.250 e. The lowest BCUT2D eigenvalue weighted by Gasteiger charge is -2.36. The quantitative estimate of drug-likeness (QED) is 0.598. The van der Waals surface area contributed by atoms with Gasteiger partial charge in [-0.3, -0.25) is 4.98 Å². The fraction of sp³-hybridized carbons (Fsp3) is 0.381. The third-order valence-corrected chi connectivity index (χ3v) is 9.14. The molecule has 3 heteroatoms. The molecule has 0 aliphatic heterocycles. The molecule has 0 bridgehead atoms. The topological polar surface area (TPSA) is 22.1 Å². The van der Waals surface area contributed by atoms with Crippen molar-refractivity contribution in [3.05, 3.63) is 66.0 Å². The Hall–Kier alpha value is -1.87. The highest BCUT2D eigenvalue weighted by Crippen LogP contribution is 2.37. The molecule has 1 aromatic carbocycles. The van der Waals surface area contributed by atoms with Crippen LogP contribution in [0.3, 0.4) is 0 Å². The monoisotopic (exact) mass is 339 g/mol. The molecule has 24 heavy (non-hydrogen) atoms. The number of benzene rings is 1. The number of allylic oxidation sites excluding steroid dienone is 1. The molecule has 1 aromatic heterocycles. The second kappa shape index (κ2) is 7.35. The smallest absolute Gasteiger partial charge is 0.250 e. The predicted molar refractivity (Wildman–Crippen MR) is 106 cm³/mol. The molecule has 0 aliphatic rings. The summed E-state index contributed by atoms with van der Waals surface area (Å²) in [5.74, 6) is 1.15. The zero-order valence-corrected chi connectivity index (χ0v) is 16.7. The van der Waals surface area contributed by atoms with Gasteiger partial charge in [-0.1, -0.05) is 70.2 Å². The molecular formula is C21H29NOSi. The van der Waals surface area contributed by atoms with Crippen LogP contribution in [0.1, 0.15) is 44.9 Å². The van der Waals surface area contributed by atoms with Crippen molar-refractivity contribution >= 4 is 14.4 Å². The van der Waals surface area contributed by atoms with E-state index >= 15 is 0 Å². The maximum absolute atomic E-state index is 6.29. The van der Waals surface area contributed by atoms with Crippen LogP contribution < -0.4 is 4.43 Å². The van der Waals surface area contributed by atoms with Crippen LogP contribution in [0.15, 0.2) is 54.7 Å². The zero-order chi connectivity index (χ0) is 17.8. The molecule has 2 aromatic rings. The Balaban J connectivity index is 2.05. The summed E-state index contributed by atoms with van der Waals surface area (Å²) in [6.07, 6.45) is 6.20. The SMILES string of the molecule is C[C@H](/C=C/c1ccccc1)c1ccc(O[Si](C)(C)C(C)(C)C)cn1. The molecule has 2 rings (SSSR count). The van der Waals surface area contributed by atoms with E-state index in [1.54, 1.807) is 0 Å². The van der Waals surface area contributed by atoms with Crippen LogP contribution in [0, 0.1) is 0 Å². The average molecular weight is 340 g/mol. The van der Waals surface area contributed by atoms with Crippen LogP contribution >= 0.6 is 0 Å². The number of aromatic nitrogens is 1. The van der Waals surface area contributed by atoms with Gasteiger partial charge < -0.3 is 4.43 Å². The number of rotatable bonds is 5. The van der Waals surface area contributed by atoms with Crippen LogP contribution in [0.2, 0.25) is 18.1 Å². The standard InChI is InChI=1S/C21H29NOSi/c1-17(12-13-18-10-8-7-9-11-18)20-15-14-19(16-22-20)23-24(5,6)21(2,3)4/h7-17H,1-6H3/b13-12+/t17-/m1/s1. The summed E-state index contributed by atoms with van der Waals surface area (Å²) in [7, 11) is -1.80. The number of hydrogen-bond acceptors (Lipinski definition) is 2. The van der Waals surface area contributed by atoms with Crippen molar-refractivity contribution in [2.24, 2.45) is 0 Å². The Bertz CT molecular complexity index is 669. The Kier molecular flexibility index (Phi) is 5.65. The van der Waals surface area contributed by atoms with E-state index < -0.39 is 8.32 Å². The highest BCUT2D eigenvalue weighted by molar-refractivity contribution is 6.74. The Labute approximate surface area is 147 Å². The second-order valence-electron chi connectivity index (χ2n) is 7.84. The van der Waals surface area contributed by atoms with Crippen molar-refractivity contribution in [3.8, 4) is 5.75 Å². The zero-order valence-electron chi connectivity index (χ0n) is 15.7. The first kappa shape index (κ1) is 18.5. The highest BCUT2D eigenvalue weighted by Gasteiger charge is 2.38. The summed E-state index contributed by atoms with van der Waals surface area (Å²) < 4.78 is 6.29. The molecule has 0 amide bonds. The van der Waals surface area contributed by atoms with E-state index in [-0.39, 0.29) is 11.0 Å². The van der Waals surface area contributed by atoms with Gasteiger partial charge >= 0.3 is 0 Å². The molecule has 1 atom stereocenters. The third-order valence-electron chi connectivity index (χ3n) is 4.78. The minimum atomic E-state index is -1.80. The van der Waals surface area contributed by atoms with Gasteiger partial charge in [0.1, 0.15) is 5.75 Å². The number of hydrogen-bond donors (Lipinski definition) is 0. The average Bonchev–Trinajstić information content (AvgIpc) is 2.53. The second-order valence-corrected chi connectivity index (χ2v) is 12.6. The molecule has 0 unspecified atom stereocenters. The molecule has 1 heterocycles. The molecular weight excluding hydrogens is 310 g/mol. The van der Waals surface area contributed by atoms with Crippen LogP contribution in [0.25, 0.3) is 6.08 Å². The van der Waals surface area contributed by atoms with Crippen LogP contribution in [-0.4, -0.2) is 13.3 Å². The van der Waals surface area contributed by atoms with E-state index in [1.165, 1.54) is 5.56 Å². The Morgan fingerprint density at radius 3 is 2.25 bits per heavy atom. The first-order valence-corrected chi connectivity index (χ1v) is 11.5. The van der Waals surface area contributed by atoms with Gasteiger partial charge in [-0.15, -0.1) is 0 Å². The van der Waals surface area contributed by atoms with Crippen molar-refractivity contribution < 1.29 is 4.43 Å². The molecule has 2 nitrogen and oxygen atoms in total. The number of pyridine rings is 1. The summed E-state index contributed by atoms with van der Waals surface area (Å²) in [5.41, 5.74) is 2.27. The lowest BCUT2D eigenvalue weighted by Crippen LogP contribution is -2.43. The summed E-state index contributed by atoms with van der Waals surface area (Å²) in [5, 5.41) is 0.192. The Morgan fingerprint density at radius 1 is 1.04 bits per heavy atom. The van der Waals surface area contributed by atoms with E-state index in [4.69, 9.17) is 4.43 Å². The Morgan fingerprint density at radius 2 is 1.71 bits per heavy atom. The minimum absolute atomic E-state index is 0.192. The van der Waals surface area contributed by atoms with Gasteiger partial charge in [0.05, 0.1) is 6.20 Å². The lowest BCUT2D eigenvalue weighted by molar-refractivity contribution is 0.490.